The van der Waals surface area contributed by atoms with Gasteiger partial charge in [-0.1, -0.05) is 0 Å². The zero-order valence-electron chi connectivity index (χ0n) is 9.72. The molecule has 0 aromatic rings. The highest BCUT2D eigenvalue weighted by atomic mass is 16.5. The van der Waals surface area contributed by atoms with Crippen molar-refractivity contribution in [3.63, 3.8) is 0 Å². The summed E-state index contributed by atoms with van der Waals surface area (Å²) in [6.45, 7) is 8.42. The van der Waals surface area contributed by atoms with Gasteiger partial charge in [-0.05, 0) is 27.7 Å². The zero-order chi connectivity index (χ0) is 11.2. The summed E-state index contributed by atoms with van der Waals surface area (Å²) < 4.78 is 10.3. The molecule has 0 atom stereocenters. The summed E-state index contributed by atoms with van der Waals surface area (Å²) in [6.07, 6.45) is 0.197. The van der Waals surface area contributed by atoms with Gasteiger partial charge in [0.05, 0.1) is 12.7 Å². The van der Waals surface area contributed by atoms with Crippen LogP contribution in [0.2, 0.25) is 0 Å². The van der Waals surface area contributed by atoms with Gasteiger partial charge in [0.25, 0.3) is 5.91 Å². The highest BCUT2D eigenvalue weighted by Crippen LogP contribution is 2.06. The summed E-state index contributed by atoms with van der Waals surface area (Å²) in [4.78, 5) is 11.4. The van der Waals surface area contributed by atoms with Crippen molar-refractivity contribution in [2.75, 3.05) is 20.3 Å². The molecule has 0 aromatic carbocycles. The largest absolute Gasteiger partial charge is 0.377 e. The van der Waals surface area contributed by atoms with Gasteiger partial charge in [0.15, 0.2) is 0 Å². The van der Waals surface area contributed by atoms with E-state index < -0.39 is 5.60 Å². The smallest absolute Gasteiger partial charge is 0.251 e. The molecule has 0 saturated carbocycles. The van der Waals surface area contributed by atoms with E-state index in [4.69, 9.17) is 9.47 Å². The number of carbonyl (C=O) groups is 1. The molecule has 0 rings (SSSR count). The number of ether oxygens (including phenoxy) is 2. The maximum atomic E-state index is 11.4. The fourth-order valence-corrected chi connectivity index (χ4v) is 0.765. The molecule has 0 aliphatic carbocycles. The molecule has 0 fully saturated rings. The average Bonchev–Trinajstić information content (AvgIpc) is 2.11. The first-order valence-corrected chi connectivity index (χ1v) is 4.85. The van der Waals surface area contributed by atoms with Crippen molar-refractivity contribution in [2.45, 2.75) is 39.4 Å². The molecule has 1 amide bonds. The molecule has 0 bridgehead atoms. The number of hydrogen-bond acceptors (Lipinski definition) is 3. The molecule has 0 aromatic heterocycles. The van der Waals surface area contributed by atoms with Crippen molar-refractivity contribution in [1.29, 1.82) is 0 Å². The molecule has 84 valence electrons. The minimum atomic E-state index is -0.766. The molecule has 4 heteroatoms. The second kappa shape index (κ2) is 5.98. The first-order chi connectivity index (χ1) is 6.40. The lowest BCUT2D eigenvalue weighted by molar-refractivity contribution is -0.139. The van der Waals surface area contributed by atoms with Crippen molar-refractivity contribution in [2.24, 2.45) is 0 Å². The monoisotopic (exact) mass is 203 g/mol. The first-order valence-electron chi connectivity index (χ1n) is 4.85. The van der Waals surface area contributed by atoms with Gasteiger partial charge in [-0.25, -0.2) is 0 Å². The maximum absolute atomic E-state index is 11.4. The highest BCUT2D eigenvalue weighted by molar-refractivity contribution is 5.84. The van der Waals surface area contributed by atoms with E-state index in [1.165, 1.54) is 7.11 Å². The minimum Gasteiger partial charge on any atom is -0.377 e. The lowest BCUT2D eigenvalue weighted by Gasteiger charge is -2.21. The van der Waals surface area contributed by atoms with Crippen LogP contribution in [0.3, 0.4) is 0 Å². The summed E-state index contributed by atoms with van der Waals surface area (Å²) in [5.41, 5.74) is -0.766. The Bertz CT molecular complexity index is 178. The molecule has 0 aliphatic rings. The average molecular weight is 203 g/mol. The molecule has 0 spiro atoms. The zero-order valence-corrected chi connectivity index (χ0v) is 9.72. The number of methoxy groups -OCH3 is 1. The number of rotatable bonds is 6. The Morgan fingerprint density at radius 3 is 2.43 bits per heavy atom. The standard InChI is InChI=1S/C10H21NO3/c1-8(2)14-7-6-11-9(12)10(3,4)13-5/h8H,6-7H2,1-5H3,(H,11,12). The van der Waals surface area contributed by atoms with Gasteiger partial charge in [0.1, 0.15) is 5.60 Å². The van der Waals surface area contributed by atoms with Gasteiger partial charge in [0, 0.05) is 13.7 Å². The van der Waals surface area contributed by atoms with Crippen LogP contribution in [0, 0.1) is 0 Å². The van der Waals surface area contributed by atoms with Crippen LogP contribution in [0.5, 0.6) is 0 Å². The summed E-state index contributed by atoms with van der Waals surface area (Å²) in [5.74, 6) is -0.118. The van der Waals surface area contributed by atoms with Crippen LogP contribution >= 0.6 is 0 Å². The van der Waals surface area contributed by atoms with E-state index in [0.717, 1.165) is 0 Å². The van der Waals surface area contributed by atoms with Gasteiger partial charge < -0.3 is 14.8 Å². The van der Waals surface area contributed by atoms with Gasteiger partial charge >= 0.3 is 0 Å². The third-order valence-electron chi connectivity index (χ3n) is 1.90. The number of nitrogens with one attached hydrogen (secondary N) is 1. The van der Waals surface area contributed by atoms with E-state index in [9.17, 15) is 4.79 Å². The topological polar surface area (TPSA) is 47.6 Å². The molecular formula is C10H21NO3. The number of amides is 1. The predicted molar refractivity (Wildman–Crippen MR) is 55.2 cm³/mol. The van der Waals surface area contributed by atoms with E-state index in [1.807, 2.05) is 13.8 Å². The third kappa shape index (κ3) is 5.19. The highest BCUT2D eigenvalue weighted by Gasteiger charge is 2.26. The molecule has 4 nitrogen and oxygen atoms in total. The predicted octanol–water partition coefficient (Wildman–Crippen LogP) is 0.953. The fraction of sp³-hybridized carbons (Fsp3) is 0.900. The quantitative estimate of drug-likeness (QED) is 0.654. The van der Waals surface area contributed by atoms with Gasteiger partial charge in [-0.3, -0.25) is 4.79 Å². The van der Waals surface area contributed by atoms with E-state index >= 15 is 0 Å². The van der Waals surface area contributed by atoms with Crippen molar-refractivity contribution in [3.05, 3.63) is 0 Å². The Morgan fingerprint density at radius 1 is 1.43 bits per heavy atom. The van der Waals surface area contributed by atoms with Crippen molar-refractivity contribution in [1.82, 2.24) is 5.32 Å². The summed E-state index contributed by atoms with van der Waals surface area (Å²) in [7, 11) is 1.52. The van der Waals surface area contributed by atoms with Gasteiger partial charge in [-0.2, -0.15) is 0 Å². The van der Waals surface area contributed by atoms with Crippen molar-refractivity contribution < 1.29 is 14.3 Å². The summed E-state index contributed by atoms with van der Waals surface area (Å²) in [6, 6.07) is 0. The van der Waals surface area contributed by atoms with Crippen LogP contribution in [0.15, 0.2) is 0 Å². The molecule has 14 heavy (non-hydrogen) atoms. The van der Waals surface area contributed by atoms with E-state index in [0.29, 0.717) is 13.2 Å². The Hall–Kier alpha value is -0.610. The van der Waals surface area contributed by atoms with Gasteiger partial charge in [0.2, 0.25) is 0 Å². The van der Waals surface area contributed by atoms with Crippen LogP contribution in [0.1, 0.15) is 27.7 Å². The van der Waals surface area contributed by atoms with Gasteiger partial charge in [-0.15, -0.1) is 0 Å². The van der Waals surface area contributed by atoms with E-state index in [1.54, 1.807) is 13.8 Å². The van der Waals surface area contributed by atoms with Crippen molar-refractivity contribution in [3.8, 4) is 0 Å². The molecule has 0 radical (unpaired) electrons. The fourth-order valence-electron chi connectivity index (χ4n) is 0.765. The van der Waals surface area contributed by atoms with Crippen LogP contribution in [-0.2, 0) is 14.3 Å². The second-order valence-corrected chi connectivity index (χ2v) is 3.89. The van der Waals surface area contributed by atoms with Crippen molar-refractivity contribution >= 4 is 5.91 Å². The number of hydrogen-bond donors (Lipinski definition) is 1. The Balaban J connectivity index is 3.64. The maximum Gasteiger partial charge on any atom is 0.251 e. The Morgan fingerprint density at radius 2 is 2.00 bits per heavy atom. The van der Waals surface area contributed by atoms with Crippen LogP contribution in [0.25, 0.3) is 0 Å². The Labute approximate surface area is 86.0 Å². The van der Waals surface area contributed by atoms with E-state index in [-0.39, 0.29) is 12.0 Å². The number of carbonyl (C=O) groups excluding carboxylic acids is 1. The molecule has 0 unspecified atom stereocenters. The first kappa shape index (κ1) is 13.4. The lowest BCUT2D eigenvalue weighted by atomic mass is 10.1. The van der Waals surface area contributed by atoms with E-state index in [2.05, 4.69) is 5.32 Å². The second-order valence-electron chi connectivity index (χ2n) is 3.89. The molecule has 0 heterocycles. The van der Waals surface area contributed by atoms with Crippen LogP contribution in [0.4, 0.5) is 0 Å². The SMILES string of the molecule is COC(C)(C)C(=O)NCCOC(C)C. The third-order valence-corrected chi connectivity index (χ3v) is 1.90. The normalized spacial score (nSPS) is 11.9. The van der Waals surface area contributed by atoms with Crippen LogP contribution in [-0.4, -0.2) is 37.9 Å². The lowest BCUT2D eigenvalue weighted by Crippen LogP contribution is -2.44. The minimum absolute atomic E-state index is 0.118. The molecule has 0 aliphatic heterocycles. The Kier molecular flexibility index (Phi) is 5.72. The molecule has 1 N–H and O–H groups in total. The molecule has 0 saturated heterocycles. The summed E-state index contributed by atoms with van der Waals surface area (Å²) >= 11 is 0. The van der Waals surface area contributed by atoms with Crippen LogP contribution < -0.4 is 5.32 Å². The molecular weight excluding hydrogens is 182 g/mol. The summed E-state index contributed by atoms with van der Waals surface area (Å²) in [5, 5.41) is 2.74.